The molecule has 0 aliphatic rings. The molecular weight excluding hydrogens is 937 g/mol. The first kappa shape index (κ1) is 50.9. The maximum Gasteiger partial charge on any atom is 0.269 e. The van der Waals surface area contributed by atoms with E-state index < -0.39 is 0 Å². The predicted octanol–water partition coefficient (Wildman–Crippen LogP) is 18.4. The Morgan fingerprint density at radius 1 is 0.481 bits per heavy atom. The van der Waals surface area contributed by atoms with E-state index in [0.717, 1.165) is 67.3 Å². The van der Waals surface area contributed by atoms with Crippen LogP contribution in [0.5, 0.6) is 11.5 Å². The molecule has 0 fully saturated rings. The molecule has 5 heteroatoms. The van der Waals surface area contributed by atoms with Crippen LogP contribution in [0.4, 0.5) is 0 Å². The number of ether oxygens (including phenoxy) is 1. The summed E-state index contributed by atoms with van der Waals surface area (Å²) in [5.41, 5.74) is 16.7. The van der Waals surface area contributed by atoms with Gasteiger partial charge in [-0.05, 0) is 134 Å². The molecule has 3 aromatic heterocycles. The lowest BCUT2D eigenvalue weighted by Gasteiger charge is -2.28. The lowest BCUT2D eigenvalue weighted by atomic mass is 9.77. The minimum atomic E-state index is -0.276. The minimum Gasteiger partial charge on any atom is -0.458 e. The Bertz CT molecular complexity index is 3900. The van der Waals surface area contributed by atoms with Crippen molar-refractivity contribution in [1.82, 2.24) is 14.1 Å². The summed E-state index contributed by atoms with van der Waals surface area (Å²) in [6.07, 6.45) is 8.13. The molecule has 0 bridgehead atoms. The largest absolute Gasteiger partial charge is 0.458 e. The summed E-state index contributed by atoms with van der Waals surface area (Å²) >= 11 is 0. The molecule has 0 aliphatic heterocycles. The Kier molecular flexibility index (Phi) is 13.2. The van der Waals surface area contributed by atoms with Gasteiger partial charge in [-0.3, -0.25) is 13.7 Å². The molecule has 0 aliphatic carbocycles. The molecule has 0 unspecified atom stereocenters. The van der Waals surface area contributed by atoms with E-state index in [0.29, 0.717) is 11.8 Å². The van der Waals surface area contributed by atoms with Crippen molar-refractivity contribution < 1.29 is 9.30 Å². The van der Waals surface area contributed by atoms with Gasteiger partial charge in [0, 0.05) is 40.1 Å². The molecule has 3 heterocycles. The summed E-state index contributed by atoms with van der Waals surface area (Å²) in [4.78, 5) is 5.05. The fourth-order valence-corrected chi connectivity index (χ4v) is 11.3. The molecule has 5 nitrogen and oxygen atoms in total. The molecule has 384 valence electrons. The lowest BCUT2D eigenvalue weighted by molar-refractivity contribution is -0.611. The van der Waals surface area contributed by atoms with Crippen LogP contribution >= 0.6 is 0 Å². The van der Waals surface area contributed by atoms with Gasteiger partial charge in [-0.15, -0.1) is 0 Å². The van der Waals surface area contributed by atoms with Gasteiger partial charge in [0.2, 0.25) is 0 Å². The molecule has 0 radical (unpaired) electrons. The van der Waals surface area contributed by atoms with Gasteiger partial charge in [0.25, 0.3) is 6.33 Å². The molecule has 0 saturated heterocycles. The number of fused-ring (bicyclic) bond motifs is 3. The highest BCUT2D eigenvalue weighted by atomic mass is 16.5. The second-order valence-electron chi connectivity index (χ2n) is 23.6. The Hall–Kier alpha value is -8.28. The number of benzene rings is 8. The van der Waals surface area contributed by atoms with Gasteiger partial charge in [0.1, 0.15) is 17.3 Å². The highest BCUT2D eigenvalue weighted by Crippen LogP contribution is 2.42. The van der Waals surface area contributed by atoms with Gasteiger partial charge >= 0.3 is 0 Å². The lowest BCUT2D eigenvalue weighted by Crippen LogP contribution is -2.39. The summed E-state index contributed by atoms with van der Waals surface area (Å²) < 4.78 is 14.0. The molecule has 11 aromatic rings. The van der Waals surface area contributed by atoms with Crippen molar-refractivity contribution in [1.29, 1.82) is 0 Å². The number of rotatable bonds is 13. The standard InChI is InChI=1S/C72H70N4O/c1-48(2)61-31-23-32-62(49(3)4)69(61)52-40-57(74-46-67(70(5,6)7)75(47-74)58-39-51(50-24-15-12-16-25-50)38-56(42-58)72(10,11)54-28-19-14-20-29-54)44-60(41-52)77-59-34-35-64-63-30-21-22-33-65(63)76(66(64)45-59)68-43-55(36-37-73-68)71(8,9)53-26-17-13-18-27-53/h12-46,48-49H,1-11H3. The van der Waals surface area contributed by atoms with E-state index >= 15 is 0 Å². The predicted molar refractivity (Wildman–Crippen MR) is 320 cm³/mol. The van der Waals surface area contributed by atoms with E-state index in [1.165, 1.54) is 44.5 Å². The normalized spacial score (nSPS) is 12.3. The first-order chi connectivity index (χ1) is 36.9. The number of hydrogen-bond acceptors (Lipinski definition) is 2. The van der Waals surface area contributed by atoms with Crippen LogP contribution in [0.25, 0.3) is 61.3 Å². The van der Waals surface area contributed by atoms with Crippen LogP contribution in [0.15, 0.2) is 213 Å². The van der Waals surface area contributed by atoms with Crippen molar-refractivity contribution in [3.05, 3.63) is 258 Å². The van der Waals surface area contributed by atoms with Gasteiger partial charge in [0.15, 0.2) is 0 Å². The monoisotopic (exact) mass is 1010 g/mol. The third-order valence-corrected chi connectivity index (χ3v) is 15.9. The van der Waals surface area contributed by atoms with Gasteiger partial charge in [-0.25, -0.2) is 4.98 Å². The minimum absolute atomic E-state index is 0.239. The second kappa shape index (κ2) is 20.0. The Morgan fingerprint density at radius 3 is 1.74 bits per heavy atom. The summed E-state index contributed by atoms with van der Waals surface area (Å²) in [5.74, 6) is 2.93. The fourth-order valence-electron chi connectivity index (χ4n) is 11.3. The van der Waals surface area contributed by atoms with Crippen LogP contribution in [-0.4, -0.2) is 14.1 Å². The molecule has 11 rings (SSSR count). The van der Waals surface area contributed by atoms with Crippen LogP contribution in [-0.2, 0) is 16.2 Å². The average Bonchev–Trinajstić information content (AvgIpc) is 4.17. The third kappa shape index (κ3) is 9.69. The van der Waals surface area contributed by atoms with E-state index in [4.69, 9.17) is 9.72 Å². The van der Waals surface area contributed by atoms with Crippen LogP contribution in [0.3, 0.4) is 0 Å². The molecule has 77 heavy (non-hydrogen) atoms. The number of aromatic nitrogens is 4. The first-order valence-electron chi connectivity index (χ1n) is 27.3. The van der Waals surface area contributed by atoms with E-state index in [-0.39, 0.29) is 16.2 Å². The Labute approximate surface area is 456 Å². The summed E-state index contributed by atoms with van der Waals surface area (Å²) in [6, 6.07) is 72.4. The second-order valence-corrected chi connectivity index (χ2v) is 23.6. The molecule has 0 N–H and O–H groups in total. The van der Waals surface area contributed by atoms with Crippen LogP contribution in [0.1, 0.15) is 127 Å². The van der Waals surface area contributed by atoms with Gasteiger partial charge in [0.05, 0.1) is 28.1 Å². The number of nitrogens with zero attached hydrogens (tertiary/aromatic N) is 4. The number of para-hydroxylation sites is 1. The zero-order valence-electron chi connectivity index (χ0n) is 46.6. The highest BCUT2D eigenvalue weighted by molar-refractivity contribution is 6.09. The molecule has 0 amide bonds. The van der Waals surface area contributed by atoms with Crippen molar-refractivity contribution in [2.45, 2.75) is 104 Å². The zero-order chi connectivity index (χ0) is 53.8. The Morgan fingerprint density at radius 2 is 1.09 bits per heavy atom. The molecular formula is C72H70N4O. The first-order valence-corrected chi connectivity index (χ1v) is 27.3. The van der Waals surface area contributed by atoms with Crippen LogP contribution in [0, 0.1) is 6.33 Å². The summed E-state index contributed by atoms with van der Waals surface area (Å²) in [6.45, 7) is 25.3. The average molecular weight is 1010 g/mol. The summed E-state index contributed by atoms with van der Waals surface area (Å²) in [7, 11) is 0. The maximum atomic E-state index is 7.22. The fraction of sp³-hybridized carbons (Fsp3) is 0.222. The van der Waals surface area contributed by atoms with E-state index in [1.54, 1.807) is 0 Å². The van der Waals surface area contributed by atoms with Crippen molar-refractivity contribution in [3.8, 4) is 50.9 Å². The molecule has 0 saturated carbocycles. The third-order valence-electron chi connectivity index (χ3n) is 15.9. The van der Waals surface area contributed by atoms with Crippen LogP contribution < -0.4 is 9.30 Å². The van der Waals surface area contributed by atoms with Crippen LogP contribution in [0.2, 0.25) is 0 Å². The number of pyridine rings is 1. The Balaban J connectivity index is 1.09. The van der Waals surface area contributed by atoms with E-state index in [9.17, 15) is 0 Å². The van der Waals surface area contributed by atoms with Crippen molar-refractivity contribution in [2.24, 2.45) is 0 Å². The number of imidazole rings is 1. The quantitative estimate of drug-likeness (QED) is 0.0852. The zero-order valence-corrected chi connectivity index (χ0v) is 46.6. The maximum absolute atomic E-state index is 7.22. The molecule has 0 spiro atoms. The van der Waals surface area contributed by atoms with E-state index in [2.05, 4.69) is 303 Å². The van der Waals surface area contributed by atoms with E-state index in [1.807, 2.05) is 6.20 Å². The number of hydrogen-bond donors (Lipinski definition) is 0. The van der Waals surface area contributed by atoms with Gasteiger partial charge < -0.3 is 4.74 Å². The summed E-state index contributed by atoms with van der Waals surface area (Å²) in [5, 5.41) is 2.30. The SMILES string of the molecule is CC(C)c1cccc(C(C)C)c1-c1cc(Oc2ccc3c4ccccc4n(-c4cc(C(C)(C)c5ccccc5)ccn4)c3c2)cc(-n2[c-][n+](-c3cc(-c4ccccc4)cc(C(C)(C)c4ccccc4)c3)c(C(C)(C)C)c2)c1. The van der Waals surface area contributed by atoms with Gasteiger partial charge in [-0.2, -0.15) is 0 Å². The van der Waals surface area contributed by atoms with Crippen molar-refractivity contribution >= 4 is 21.8 Å². The topological polar surface area (TPSA) is 35.9 Å². The van der Waals surface area contributed by atoms with Crippen molar-refractivity contribution in [2.75, 3.05) is 0 Å². The molecule has 0 atom stereocenters. The van der Waals surface area contributed by atoms with Gasteiger partial charge in [-0.1, -0.05) is 210 Å². The molecule has 8 aromatic carbocycles. The van der Waals surface area contributed by atoms with Crippen molar-refractivity contribution in [3.63, 3.8) is 0 Å². The smallest absolute Gasteiger partial charge is 0.269 e. The highest BCUT2D eigenvalue weighted by Gasteiger charge is 2.29.